The van der Waals surface area contributed by atoms with Crippen molar-refractivity contribution in [3.63, 3.8) is 0 Å². The lowest BCUT2D eigenvalue weighted by Gasteiger charge is -2.05. The van der Waals surface area contributed by atoms with Gasteiger partial charge in [-0.05, 0) is 34.1 Å². The molecular formula is C12H8BrClO2S. The van der Waals surface area contributed by atoms with Crippen molar-refractivity contribution in [2.24, 2.45) is 0 Å². The molecule has 2 rings (SSSR count). The maximum absolute atomic E-state index is 11.0. The van der Waals surface area contributed by atoms with E-state index < -0.39 is 0 Å². The number of halogens is 2. The van der Waals surface area contributed by atoms with Gasteiger partial charge in [-0.25, -0.2) is 0 Å². The van der Waals surface area contributed by atoms with Crippen LogP contribution in [-0.4, -0.2) is 13.4 Å². The van der Waals surface area contributed by atoms with Crippen LogP contribution in [0.25, 0.3) is 10.4 Å². The highest BCUT2D eigenvalue weighted by Gasteiger charge is 2.14. The van der Waals surface area contributed by atoms with Gasteiger partial charge in [0.2, 0.25) is 0 Å². The minimum Gasteiger partial charge on any atom is -0.495 e. The number of ether oxygens (including phenoxy) is 1. The molecule has 0 amide bonds. The largest absolute Gasteiger partial charge is 0.495 e. The molecule has 0 aliphatic carbocycles. The van der Waals surface area contributed by atoms with Crippen LogP contribution in [-0.2, 0) is 0 Å². The van der Waals surface area contributed by atoms with Gasteiger partial charge in [0.1, 0.15) is 5.75 Å². The molecular weight excluding hydrogens is 324 g/mol. The SMILES string of the molecule is COc1cc(Br)sc1-c1cc(Cl)ccc1C=O. The Balaban J connectivity index is 2.65. The Morgan fingerprint density at radius 3 is 2.82 bits per heavy atom. The second-order valence-corrected chi connectivity index (χ2v) is 6.17. The van der Waals surface area contributed by atoms with Crippen LogP contribution in [0.15, 0.2) is 28.1 Å². The van der Waals surface area contributed by atoms with Crippen LogP contribution in [0.4, 0.5) is 0 Å². The molecule has 1 aromatic heterocycles. The lowest BCUT2D eigenvalue weighted by atomic mass is 10.1. The Labute approximate surface area is 116 Å². The van der Waals surface area contributed by atoms with E-state index >= 15 is 0 Å². The molecule has 5 heteroatoms. The van der Waals surface area contributed by atoms with Gasteiger partial charge in [-0.1, -0.05) is 11.6 Å². The number of hydrogen-bond donors (Lipinski definition) is 0. The molecule has 88 valence electrons. The maximum atomic E-state index is 11.0. The third-order valence-corrected chi connectivity index (χ3v) is 4.16. The molecule has 0 saturated heterocycles. The van der Waals surface area contributed by atoms with E-state index in [1.54, 1.807) is 25.3 Å². The Hall–Kier alpha value is -0.840. The summed E-state index contributed by atoms with van der Waals surface area (Å²) in [4.78, 5) is 11.9. The van der Waals surface area contributed by atoms with Gasteiger partial charge < -0.3 is 4.74 Å². The van der Waals surface area contributed by atoms with E-state index in [2.05, 4.69) is 15.9 Å². The fraction of sp³-hybridized carbons (Fsp3) is 0.0833. The van der Waals surface area contributed by atoms with E-state index in [9.17, 15) is 4.79 Å². The third kappa shape index (κ3) is 2.54. The summed E-state index contributed by atoms with van der Waals surface area (Å²) in [7, 11) is 1.60. The smallest absolute Gasteiger partial charge is 0.150 e. The molecule has 2 nitrogen and oxygen atoms in total. The van der Waals surface area contributed by atoms with E-state index in [0.29, 0.717) is 10.6 Å². The summed E-state index contributed by atoms with van der Waals surface area (Å²) < 4.78 is 6.23. The fourth-order valence-electron chi connectivity index (χ4n) is 1.51. The highest BCUT2D eigenvalue weighted by molar-refractivity contribution is 9.11. The van der Waals surface area contributed by atoms with Crippen LogP contribution in [0.3, 0.4) is 0 Å². The first-order valence-corrected chi connectivity index (χ1v) is 6.73. The lowest BCUT2D eigenvalue weighted by molar-refractivity contribution is 0.112. The summed E-state index contributed by atoms with van der Waals surface area (Å²) in [5, 5.41) is 0.595. The minimum atomic E-state index is 0.595. The first-order chi connectivity index (χ1) is 8.15. The fourth-order valence-corrected chi connectivity index (χ4v) is 3.27. The molecule has 17 heavy (non-hydrogen) atoms. The van der Waals surface area contributed by atoms with E-state index in [1.165, 1.54) is 11.3 Å². The molecule has 0 radical (unpaired) electrons. The summed E-state index contributed by atoms with van der Waals surface area (Å²) in [6, 6.07) is 7.04. The number of carbonyl (C=O) groups excluding carboxylic acids is 1. The molecule has 0 saturated carbocycles. The van der Waals surface area contributed by atoms with Gasteiger partial charge >= 0.3 is 0 Å². The standard InChI is InChI=1S/C12H8BrClO2S/c1-16-10-5-11(13)17-12(10)9-4-8(14)3-2-7(9)6-15/h2-6H,1H3. The van der Waals surface area contributed by atoms with Crippen LogP contribution >= 0.6 is 38.9 Å². The van der Waals surface area contributed by atoms with Gasteiger partial charge in [-0.3, -0.25) is 4.79 Å². The summed E-state index contributed by atoms with van der Waals surface area (Å²) >= 11 is 10.9. The average Bonchev–Trinajstić information content (AvgIpc) is 2.70. The average molecular weight is 332 g/mol. The summed E-state index contributed by atoms with van der Waals surface area (Å²) in [6.45, 7) is 0. The number of thiophene rings is 1. The number of methoxy groups -OCH3 is 1. The van der Waals surface area contributed by atoms with Crippen LogP contribution in [0, 0.1) is 0 Å². The summed E-state index contributed by atoms with van der Waals surface area (Å²) in [6.07, 6.45) is 0.818. The predicted octanol–water partition coefficient (Wildman–Crippen LogP) is 4.65. The van der Waals surface area contributed by atoms with Gasteiger partial charge in [0.05, 0.1) is 15.8 Å². The van der Waals surface area contributed by atoms with Crippen molar-refractivity contribution in [1.29, 1.82) is 0 Å². The van der Waals surface area contributed by atoms with Crippen molar-refractivity contribution in [1.82, 2.24) is 0 Å². The molecule has 0 bridgehead atoms. The van der Waals surface area contributed by atoms with Gasteiger partial charge in [0.15, 0.2) is 6.29 Å². The Morgan fingerprint density at radius 2 is 2.18 bits per heavy atom. The number of hydrogen-bond acceptors (Lipinski definition) is 3. The van der Waals surface area contributed by atoms with Crippen molar-refractivity contribution in [2.45, 2.75) is 0 Å². The topological polar surface area (TPSA) is 26.3 Å². The molecule has 0 aliphatic heterocycles. The molecule has 0 spiro atoms. The van der Waals surface area contributed by atoms with Crippen LogP contribution < -0.4 is 4.74 Å². The Morgan fingerprint density at radius 1 is 1.41 bits per heavy atom. The van der Waals surface area contributed by atoms with Crippen LogP contribution in [0.5, 0.6) is 5.75 Å². The molecule has 2 aromatic rings. The zero-order valence-corrected chi connectivity index (χ0v) is 12.0. The Bertz CT molecular complexity index is 566. The molecule has 0 fully saturated rings. The van der Waals surface area contributed by atoms with E-state index in [1.807, 2.05) is 6.07 Å². The van der Waals surface area contributed by atoms with Crippen molar-refractivity contribution < 1.29 is 9.53 Å². The van der Waals surface area contributed by atoms with Crippen molar-refractivity contribution in [3.8, 4) is 16.2 Å². The van der Waals surface area contributed by atoms with Crippen LogP contribution in [0.1, 0.15) is 10.4 Å². The van der Waals surface area contributed by atoms with Gasteiger partial charge in [0.25, 0.3) is 0 Å². The molecule has 0 aliphatic rings. The monoisotopic (exact) mass is 330 g/mol. The first-order valence-electron chi connectivity index (χ1n) is 4.74. The maximum Gasteiger partial charge on any atom is 0.150 e. The zero-order valence-electron chi connectivity index (χ0n) is 8.87. The number of rotatable bonds is 3. The van der Waals surface area contributed by atoms with Crippen molar-refractivity contribution in [3.05, 3.63) is 38.6 Å². The van der Waals surface area contributed by atoms with E-state index in [-0.39, 0.29) is 0 Å². The molecule has 0 N–H and O–H groups in total. The van der Waals surface area contributed by atoms with Gasteiger partial charge in [-0.15, -0.1) is 11.3 Å². The van der Waals surface area contributed by atoms with Gasteiger partial charge in [0, 0.05) is 22.2 Å². The number of aldehydes is 1. The first kappa shape index (κ1) is 12.6. The summed E-state index contributed by atoms with van der Waals surface area (Å²) in [5.74, 6) is 0.729. The predicted molar refractivity (Wildman–Crippen MR) is 74.4 cm³/mol. The van der Waals surface area contributed by atoms with E-state index in [4.69, 9.17) is 16.3 Å². The second-order valence-electron chi connectivity index (χ2n) is 3.30. The molecule has 0 unspecified atom stereocenters. The number of benzene rings is 1. The lowest BCUT2D eigenvalue weighted by Crippen LogP contribution is -1.88. The molecule has 0 atom stereocenters. The second kappa shape index (κ2) is 5.21. The third-order valence-electron chi connectivity index (χ3n) is 2.27. The zero-order chi connectivity index (χ0) is 12.4. The highest BCUT2D eigenvalue weighted by Crippen LogP contribution is 2.42. The Kier molecular flexibility index (Phi) is 3.86. The van der Waals surface area contributed by atoms with E-state index in [0.717, 1.165) is 26.3 Å². The van der Waals surface area contributed by atoms with Gasteiger partial charge in [-0.2, -0.15) is 0 Å². The highest BCUT2D eigenvalue weighted by atomic mass is 79.9. The van der Waals surface area contributed by atoms with Crippen molar-refractivity contribution >= 4 is 45.2 Å². The molecule has 1 aromatic carbocycles. The van der Waals surface area contributed by atoms with Crippen molar-refractivity contribution in [2.75, 3.05) is 7.11 Å². The minimum absolute atomic E-state index is 0.595. The summed E-state index contributed by atoms with van der Waals surface area (Å²) in [5.41, 5.74) is 1.39. The molecule has 1 heterocycles. The normalized spacial score (nSPS) is 10.3. The number of carbonyl (C=O) groups is 1. The quantitative estimate of drug-likeness (QED) is 0.765. The van der Waals surface area contributed by atoms with Crippen LogP contribution in [0.2, 0.25) is 5.02 Å².